The molecule has 1 aromatic carbocycles. The van der Waals surface area contributed by atoms with Crippen molar-refractivity contribution in [3.8, 4) is 5.75 Å². The summed E-state index contributed by atoms with van der Waals surface area (Å²) in [6.07, 6.45) is 2.97. The molecule has 2 aromatic rings. The number of nitrogens with one attached hydrogen (secondary N) is 2. The first-order chi connectivity index (χ1) is 10.2. The summed E-state index contributed by atoms with van der Waals surface area (Å²) in [5.74, 6) is 0.00471. The van der Waals surface area contributed by atoms with E-state index in [-0.39, 0.29) is 0 Å². The predicted octanol–water partition coefficient (Wildman–Crippen LogP) is 2.62. The lowest BCUT2D eigenvalue weighted by atomic mass is 9.99. The highest BCUT2D eigenvalue weighted by Crippen LogP contribution is 2.32. The van der Waals surface area contributed by atoms with Crippen molar-refractivity contribution in [1.82, 2.24) is 10.3 Å². The van der Waals surface area contributed by atoms with Crippen LogP contribution in [0.2, 0.25) is 0 Å². The van der Waals surface area contributed by atoms with Gasteiger partial charge in [-0.25, -0.2) is 0 Å². The Labute approximate surface area is 123 Å². The molecule has 5 nitrogen and oxygen atoms in total. The summed E-state index contributed by atoms with van der Waals surface area (Å²) < 4.78 is 5.74. The standard InChI is InChI=1S/C16H20N2O3/c1-2-3-8-21-10-4-5-13-12(9-10)11-6-7-17-15(16(19)20)14(11)18-13/h4-5,9,15,17-18H,2-3,6-8H2,1H3,(H,19,20). The number of carbonyl (C=O) groups is 1. The van der Waals surface area contributed by atoms with E-state index < -0.39 is 12.0 Å². The van der Waals surface area contributed by atoms with Gasteiger partial charge < -0.3 is 14.8 Å². The summed E-state index contributed by atoms with van der Waals surface area (Å²) >= 11 is 0. The van der Waals surface area contributed by atoms with Crippen LogP contribution in [0.4, 0.5) is 0 Å². The van der Waals surface area contributed by atoms with Crippen LogP contribution in [0.1, 0.15) is 37.1 Å². The number of carboxylic acids is 1. The zero-order chi connectivity index (χ0) is 14.8. The van der Waals surface area contributed by atoms with Crippen LogP contribution >= 0.6 is 0 Å². The number of aliphatic carboxylic acids is 1. The first-order valence-electron chi connectivity index (χ1n) is 7.44. The van der Waals surface area contributed by atoms with Crippen LogP contribution < -0.4 is 10.1 Å². The average Bonchev–Trinajstić information content (AvgIpc) is 2.85. The van der Waals surface area contributed by atoms with Crippen molar-refractivity contribution in [2.45, 2.75) is 32.2 Å². The Balaban J connectivity index is 1.96. The molecular weight excluding hydrogens is 268 g/mol. The average molecular weight is 288 g/mol. The minimum absolute atomic E-state index is 0.648. The molecule has 3 rings (SSSR count). The van der Waals surface area contributed by atoms with E-state index in [4.69, 9.17) is 4.74 Å². The van der Waals surface area contributed by atoms with Gasteiger partial charge in [-0.15, -0.1) is 0 Å². The summed E-state index contributed by atoms with van der Waals surface area (Å²) in [5, 5.41) is 13.4. The van der Waals surface area contributed by atoms with E-state index in [1.54, 1.807) is 0 Å². The van der Waals surface area contributed by atoms with Crippen LogP contribution in [0.25, 0.3) is 10.9 Å². The number of aromatic nitrogens is 1. The fourth-order valence-electron chi connectivity index (χ4n) is 2.84. The van der Waals surface area contributed by atoms with Gasteiger partial charge >= 0.3 is 5.97 Å². The molecule has 1 atom stereocenters. The van der Waals surface area contributed by atoms with Gasteiger partial charge in [-0.1, -0.05) is 13.3 Å². The minimum Gasteiger partial charge on any atom is -0.494 e. The number of carboxylic acid groups (broad SMARTS) is 1. The molecule has 21 heavy (non-hydrogen) atoms. The van der Waals surface area contributed by atoms with Gasteiger partial charge in [0.1, 0.15) is 11.8 Å². The van der Waals surface area contributed by atoms with E-state index in [1.165, 1.54) is 0 Å². The largest absolute Gasteiger partial charge is 0.494 e. The van der Waals surface area contributed by atoms with Crippen molar-refractivity contribution >= 4 is 16.9 Å². The lowest BCUT2D eigenvalue weighted by molar-refractivity contribution is -0.139. The van der Waals surface area contributed by atoms with Crippen molar-refractivity contribution in [3.05, 3.63) is 29.5 Å². The topological polar surface area (TPSA) is 74.3 Å². The molecule has 1 aliphatic rings. The molecule has 2 heterocycles. The molecular formula is C16H20N2O3. The molecule has 0 amide bonds. The quantitative estimate of drug-likeness (QED) is 0.739. The number of H-pyrrole nitrogens is 1. The molecule has 112 valence electrons. The van der Waals surface area contributed by atoms with Crippen LogP contribution in [-0.4, -0.2) is 29.2 Å². The second-order valence-corrected chi connectivity index (χ2v) is 5.40. The number of hydrogen-bond acceptors (Lipinski definition) is 3. The molecule has 0 fully saturated rings. The predicted molar refractivity (Wildman–Crippen MR) is 80.8 cm³/mol. The van der Waals surface area contributed by atoms with Crippen LogP contribution in [-0.2, 0) is 11.2 Å². The van der Waals surface area contributed by atoms with Crippen LogP contribution in [0, 0.1) is 0 Å². The number of hydrogen-bond donors (Lipinski definition) is 3. The van der Waals surface area contributed by atoms with Crippen molar-refractivity contribution in [2.75, 3.05) is 13.2 Å². The summed E-state index contributed by atoms with van der Waals surface area (Å²) in [5.41, 5.74) is 2.84. The van der Waals surface area contributed by atoms with E-state index in [0.29, 0.717) is 13.2 Å². The molecule has 0 bridgehead atoms. The fourth-order valence-corrected chi connectivity index (χ4v) is 2.84. The van der Waals surface area contributed by atoms with Gasteiger partial charge in [-0.2, -0.15) is 0 Å². The summed E-state index contributed by atoms with van der Waals surface area (Å²) in [7, 11) is 0. The molecule has 0 saturated heterocycles. The van der Waals surface area contributed by atoms with Crippen LogP contribution in [0.5, 0.6) is 5.75 Å². The second kappa shape index (κ2) is 5.77. The van der Waals surface area contributed by atoms with Gasteiger partial charge in [-0.05, 0) is 36.6 Å². The minimum atomic E-state index is -0.845. The van der Waals surface area contributed by atoms with E-state index in [2.05, 4.69) is 17.2 Å². The Kier molecular flexibility index (Phi) is 3.84. The Morgan fingerprint density at radius 3 is 3.10 bits per heavy atom. The smallest absolute Gasteiger partial charge is 0.326 e. The van der Waals surface area contributed by atoms with E-state index in [9.17, 15) is 9.90 Å². The molecule has 0 spiro atoms. The highest BCUT2D eigenvalue weighted by molar-refractivity contribution is 5.89. The van der Waals surface area contributed by atoms with Crippen LogP contribution in [0.3, 0.4) is 0 Å². The molecule has 1 aliphatic heterocycles. The monoisotopic (exact) mass is 288 g/mol. The number of unbranched alkanes of at least 4 members (excludes halogenated alkanes) is 1. The van der Waals surface area contributed by atoms with E-state index in [0.717, 1.165) is 47.2 Å². The summed E-state index contributed by atoms with van der Waals surface area (Å²) in [6, 6.07) is 5.27. The van der Waals surface area contributed by atoms with Gasteiger partial charge in [0.2, 0.25) is 0 Å². The Morgan fingerprint density at radius 2 is 2.33 bits per heavy atom. The molecule has 5 heteroatoms. The molecule has 0 aliphatic carbocycles. The molecule has 0 radical (unpaired) electrons. The maximum Gasteiger partial charge on any atom is 0.326 e. The summed E-state index contributed by atoms with van der Waals surface area (Å²) in [6.45, 7) is 3.53. The number of benzene rings is 1. The lowest BCUT2D eigenvalue weighted by Crippen LogP contribution is -2.34. The van der Waals surface area contributed by atoms with Gasteiger partial charge in [-0.3, -0.25) is 10.1 Å². The zero-order valence-electron chi connectivity index (χ0n) is 12.1. The summed E-state index contributed by atoms with van der Waals surface area (Å²) in [4.78, 5) is 14.6. The molecule has 0 saturated carbocycles. The van der Waals surface area contributed by atoms with Gasteiger partial charge in [0.05, 0.1) is 6.61 Å². The fraction of sp³-hybridized carbons (Fsp3) is 0.438. The third-order valence-electron chi connectivity index (χ3n) is 3.94. The van der Waals surface area contributed by atoms with Gasteiger partial charge in [0, 0.05) is 23.1 Å². The van der Waals surface area contributed by atoms with E-state index >= 15 is 0 Å². The number of rotatable bonds is 5. The first-order valence-corrected chi connectivity index (χ1v) is 7.44. The van der Waals surface area contributed by atoms with E-state index in [1.807, 2.05) is 18.2 Å². The second-order valence-electron chi connectivity index (χ2n) is 5.40. The van der Waals surface area contributed by atoms with Crippen molar-refractivity contribution in [2.24, 2.45) is 0 Å². The molecule has 1 unspecified atom stereocenters. The lowest BCUT2D eigenvalue weighted by Gasteiger charge is -2.20. The molecule has 1 aromatic heterocycles. The van der Waals surface area contributed by atoms with Gasteiger partial charge in [0.15, 0.2) is 0 Å². The highest BCUT2D eigenvalue weighted by Gasteiger charge is 2.28. The third kappa shape index (κ3) is 2.61. The van der Waals surface area contributed by atoms with Crippen molar-refractivity contribution in [1.29, 1.82) is 0 Å². The van der Waals surface area contributed by atoms with Crippen LogP contribution in [0.15, 0.2) is 18.2 Å². The Morgan fingerprint density at radius 1 is 1.48 bits per heavy atom. The number of fused-ring (bicyclic) bond motifs is 3. The zero-order valence-corrected chi connectivity index (χ0v) is 12.1. The SMILES string of the molecule is CCCCOc1ccc2[nH]c3c(c2c1)CCNC3C(=O)O. The Bertz CT molecular complexity index is 663. The number of aromatic amines is 1. The maximum absolute atomic E-state index is 11.3. The number of ether oxygens (including phenoxy) is 1. The Hall–Kier alpha value is -2.01. The van der Waals surface area contributed by atoms with Crippen molar-refractivity contribution < 1.29 is 14.6 Å². The van der Waals surface area contributed by atoms with Gasteiger partial charge in [0.25, 0.3) is 0 Å². The third-order valence-corrected chi connectivity index (χ3v) is 3.94. The normalized spacial score (nSPS) is 17.7. The molecule has 3 N–H and O–H groups in total. The van der Waals surface area contributed by atoms with Crippen molar-refractivity contribution in [3.63, 3.8) is 0 Å². The highest BCUT2D eigenvalue weighted by atomic mass is 16.5. The maximum atomic E-state index is 11.3. The first kappa shape index (κ1) is 13.9.